The molecule has 0 aromatic heterocycles. The van der Waals surface area contributed by atoms with Gasteiger partial charge in [0.15, 0.2) is 0 Å². The fourth-order valence-electron chi connectivity index (χ4n) is 4.98. The van der Waals surface area contributed by atoms with Crippen LogP contribution in [-0.2, 0) is 32.6 Å². The van der Waals surface area contributed by atoms with Gasteiger partial charge in [0.05, 0.1) is 10.6 Å². The second-order valence-electron chi connectivity index (χ2n) is 10.4. The van der Waals surface area contributed by atoms with Crippen LogP contribution in [0, 0.1) is 19.7 Å². The van der Waals surface area contributed by atoms with Gasteiger partial charge in [-0.2, -0.15) is 0 Å². The van der Waals surface area contributed by atoms with Crippen LogP contribution in [0.4, 0.5) is 10.1 Å². The monoisotopic (exact) mass is 601 g/mol. The molecule has 0 spiro atoms. The summed E-state index contributed by atoms with van der Waals surface area (Å²) in [6.07, 6.45) is 0.203. The highest BCUT2D eigenvalue weighted by atomic mass is 32.2. The number of nitrogens with one attached hydrogen (secondary N) is 1. The van der Waals surface area contributed by atoms with Gasteiger partial charge in [0.25, 0.3) is 10.0 Å². The fraction of sp³-hybridized carbons (Fsp3) is 0.235. The molecule has 0 aliphatic rings. The maximum atomic E-state index is 14.4. The summed E-state index contributed by atoms with van der Waals surface area (Å²) in [4.78, 5) is 29.3. The zero-order valence-corrected chi connectivity index (χ0v) is 25.4. The van der Waals surface area contributed by atoms with Gasteiger partial charge in [-0.25, -0.2) is 12.8 Å². The molecular formula is C34H36FN3O4S. The minimum atomic E-state index is -4.17. The minimum Gasteiger partial charge on any atom is -0.355 e. The quantitative estimate of drug-likeness (QED) is 0.235. The lowest BCUT2D eigenvalue weighted by molar-refractivity contribution is -0.140. The Balaban J connectivity index is 1.81. The van der Waals surface area contributed by atoms with Crippen LogP contribution in [0.3, 0.4) is 0 Å². The minimum absolute atomic E-state index is 0.0280. The van der Waals surface area contributed by atoms with E-state index in [0.717, 1.165) is 21.0 Å². The molecule has 224 valence electrons. The third-order valence-electron chi connectivity index (χ3n) is 6.99. The lowest BCUT2D eigenvalue weighted by atomic mass is 10.0. The Bertz CT molecular complexity index is 1630. The number of hydrogen-bond acceptors (Lipinski definition) is 4. The molecule has 0 unspecified atom stereocenters. The highest BCUT2D eigenvalue weighted by Gasteiger charge is 2.34. The smallest absolute Gasteiger partial charge is 0.264 e. The van der Waals surface area contributed by atoms with E-state index >= 15 is 0 Å². The van der Waals surface area contributed by atoms with Crippen LogP contribution in [0.1, 0.15) is 29.2 Å². The predicted molar refractivity (Wildman–Crippen MR) is 166 cm³/mol. The Kier molecular flexibility index (Phi) is 10.3. The van der Waals surface area contributed by atoms with E-state index in [1.54, 1.807) is 49.4 Å². The van der Waals surface area contributed by atoms with Crippen LogP contribution in [0.15, 0.2) is 108 Å². The molecule has 0 aliphatic heterocycles. The number of likely N-dealkylation sites (N-methyl/N-ethyl adjacent to an activating group) is 1. The molecule has 4 aromatic carbocycles. The van der Waals surface area contributed by atoms with Crippen molar-refractivity contribution in [2.45, 2.75) is 44.7 Å². The Morgan fingerprint density at radius 2 is 1.40 bits per heavy atom. The first-order valence-corrected chi connectivity index (χ1v) is 15.5. The van der Waals surface area contributed by atoms with Gasteiger partial charge in [-0.3, -0.25) is 13.9 Å². The summed E-state index contributed by atoms with van der Waals surface area (Å²) in [6.45, 7) is 5.28. The van der Waals surface area contributed by atoms with Crippen LogP contribution in [-0.4, -0.2) is 44.3 Å². The molecule has 9 heteroatoms. The molecular weight excluding hydrogens is 565 g/mol. The standard InChI is InChI=1S/C34H36FN3O4S/c1-4-36-34(40)32(22-27-11-7-5-8-12-27)37(23-28-15-17-29(35)18-16-28)33(39)24-38(30-20-25(2)19-26(3)21-30)43(41,42)31-13-9-6-10-14-31/h5-21,32H,4,22-24H2,1-3H3,(H,36,40)/t32-/m1/s1. The number of hydrogen-bond donors (Lipinski definition) is 1. The van der Waals surface area contributed by atoms with Gasteiger partial charge in [-0.05, 0) is 79.4 Å². The largest absolute Gasteiger partial charge is 0.355 e. The van der Waals surface area contributed by atoms with E-state index in [1.807, 2.05) is 50.2 Å². The zero-order chi connectivity index (χ0) is 31.0. The molecule has 0 saturated carbocycles. The molecule has 1 atom stereocenters. The number of rotatable bonds is 12. The first-order chi connectivity index (χ1) is 20.6. The molecule has 43 heavy (non-hydrogen) atoms. The first-order valence-electron chi connectivity index (χ1n) is 14.1. The Morgan fingerprint density at radius 1 is 0.814 bits per heavy atom. The van der Waals surface area contributed by atoms with Crippen molar-refractivity contribution in [2.24, 2.45) is 0 Å². The molecule has 1 N–H and O–H groups in total. The summed E-state index contributed by atoms with van der Waals surface area (Å²) in [6, 6.07) is 27.3. The fourth-order valence-corrected chi connectivity index (χ4v) is 6.39. The Labute approximate surface area is 253 Å². The summed E-state index contributed by atoms with van der Waals surface area (Å²) in [7, 11) is -4.17. The lowest BCUT2D eigenvalue weighted by Crippen LogP contribution is -2.53. The normalized spacial score (nSPS) is 11.9. The van der Waals surface area contributed by atoms with Crippen molar-refractivity contribution >= 4 is 27.5 Å². The maximum absolute atomic E-state index is 14.4. The number of carbonyl (C=O) groups is 2. The summed E-state index contributed by atoms with van der Waals surface area (Å²) < 4.78 is 42.9. The second-order valence-corrected chi connectivity index (χ2v) is 12.3. The second kappa shape index (κ2) is 14.1. The maximum Gasteiger partial charge on any atom is 0.264 e. The topological polar surface area (TPSA) is 86.8 Å². The molecule has 2 amide bonds. The first kappa shape index (κ1) is 31.4. The number of aryl methyl sites for hydroxylation is 2. The average molecular weight is 602 g/mol. The third kappa shape index (κ3) is 8.08. The number of nitrogens with zero attached hydrogens (tertiary/aromatic N) is 2. The van der Waals surface area contributed by atoms with Gasteiger partial charge in [-0.1, -0.05) is 66.7 Å². The van der Waals surface area contributed by atoms with Crippen LogP contribution >= 0.6 is 0 Å². The van der Waals surface area contributed by atoms with Crippen molar-refractivity contribution in [3.63, 3.8) is 0 Å². The van der Waals surface area contributed by atoms with Crippen molar-refractivity contribution in [1.29, 1.82) is 0 Å². The van der Waals surface area contributed by atoms with Gasteiger partial charge >= 0.3 is 0 Å². The molecule has 0 fully saturated rings. The molecule has 0 radical (unpaired) electrons. The summed E-state index contributed by atoms with van der Waals surface area (Å²) in [5.74, 6) is -1.37. The number of halogens is 1. The predicted octanol–water partition coefficient (Wildman–Crippen LogP) is 5.41. The SMILES string of the molecule is CCNC(=O)[C@@H](Cc1ccccc1)N(Cc1ccc(F)cc1)C(=O)CN(c1cc(C)cc(C)c1)S(=O)(=O)c1ccccc1. The molecule has 0 bridgehead atoms. The third-order valence-corrected chi connectivity index (χ3v) is 8.78. The number of benzene rings is 4. The summed E-state index contributed by atoms with van der Waals surface area (Å²) in [5, 5.41) is 2.83. The number of sulfonamides is 1. The van der Waals surface area contributed by atoms with Gasteiger partial charge < -0.3 is 10.2 Å². The van der Waals surface area contributed by atoms with E-state index in [2.05, 4.69) is 5.32 Å². The van der Waals surface area contributed by atoms with Crippen molar-refractivity contribution in [3.8, 4) is 0 Å². The van der Waals surface area contributed by atoms with Crippen molar-refractivity contribution in [2.75, 3.05) is 17.4 Å². The van der Waals surface area contributed by atoms with Gasteiger partial charge in [-0.15, -0.1) is 0 Å². The molecule has 7 nitrogen and oxygen atoms in total. The Hall–Kier alpha value is -4.50. The van der Waals surface area contributed by atoms with Crippen LogP contribution in [0.2, 0.25) is 0 Å². The lowest BCUT2D eigenvalue weighted by Gasteiger charge is -2.34. The van der Waals surface area contributed by atoms with Gasteiger partial charge in [0, 0.05) is 19.5 Å². The molecule has 0 heterocycles. The van der Waals surface area contributed by atoms with Crippen molar-refractivity contribution in [1.82, 2.24) is 10.2 Å². The van der Waals surface area contributed by atoms with Gasteiger partial charge in [0.2, 0.25) is 11.8 Å². The molecule has 0 aliphatic carbocycles. The van der Waals surface area contributed by atoms with Crippen molar-refractivity contribution in [3.05, 3.63) is 131 Å². The zero-order valence-electron chi connectivity index (χ0n) is 24.5. The van der Waals surface area contributed by atoms with E-state index in [-0.39, 0.29) is 23.8 Å². The highest BCUT2D eigenvalue weighted by molar-refractivity contribution is 7.92. The van der Waals surface area contributed by atoms with E-state index in [9.17, 15) is 22.4 Å². The summed E-state index contributed by atoms with van der Waals surface area (Å²) in [5.41, 5.74) is 3.44. The average Bonchev–Trinajstić information content (AvgIpc) is 2.99. The van der Waals surface area contributed by atoms with Crippen molar-refractivity contribution < 1.29 is 22.4 Å². The number of carbonyl (C=O) groups excluding carboxylic acids is 2. The van der Waals surface area contributed by atoms with Crippen LogP contribution in [0.25, 0.3) is 0 Å². The van der Waals surface area contributed by atoms with Crippen LogP contribution in [0.5, 0.6) is 0 Å². The number of anilines is 1. The Morgan fingerprint density at radius 3 is 1.98 bits per heavy atom. The molecule has 0 saturated heterocycles. The van der Waals surface area contributed by atoms with E-state index < -0.39 is 34.3 Å². The number of amides is 2. The summed E-state index contributed by atoms with van der Waals surface area (Å²) >= 11 is 0. The highest BCUT2D eigenvalue weighted by Crippen LogP contribution is 2.27. The molecule has 4 aromatic rings. The van der Waals surface area contributed by atoms with Gasteiger partial charge in [0.1, 0.15) is 18.4 Å². The van der Waals surface area contributed by atoms with E-state index in [1.165, 1.54) is 29.2 Å². The van der Waals surface area contributed by atoms with E-state index in [4.69, 9.17) is 0 Å². The molecule has 4 rings (SSSR count). The van der Waals surface area contributed by atoms with Crippen LogP contribution < -0.4 is 9.62 Å². The van der Waals surface area contributed by atoms with E-state index in [0.29, 0.717) is 17.8 Å².